The van der Waals surface area contributed by atoms with Crippen molar-refractivity contribution in [2.75, 3.05) is 0 Å². The fourth-order valence-corrected chi connectivity index (χ4v) is 2.22. The normalized spacial score (nSPS) is 23.7. The molecule has 3 atom stereocenters. The summed E-state index contributed by atoms with van der Waals surface area (Å²) in [6, 6.07) is 0. The number of rotatable bonds is 10. The maximum Gasteiger partial charge on any atom is 0.338 e. The van der Waals surface area contributed by atoms with Gasteiger partial charge in [-0.15, -0.1) is 0 Å². The molecule has 1 aliphatic rings. The lowest BCUT2D eigenvalue weighted by molar-refractivity contribution is -0.151. The van der Waals surface area contributed by atoms with Crippen molar-refractivity contribution in [3.05, 3.63) is 0 Å². The Bertz CT molecular complexity index is 240. The van der Waals surface area contributed by atoms with Gasteiger partial charge in [0.2, 0.25) is 0 Å². The maximum atomic E-state index is 11.7. The van der Waals surface area contributed by atoms with E-state index in [4.69, 9.17) is 9.47 Å². The molecule has 0 amide bonds. The summed E-state index contributed by atoms with van der Waals surface area (Å²) in [5.41, 5.74) is 0. The minimum atomic E-state index is -0.288. The molecule has 1 saturated heterocycles. The molecule has 0 bridgehead atoms. The van der Waals surface area contributed by atoms with Gasteiger partial charge in [0, 0.05) is 0 Å². The molecule has 1 fully saturated rings. The smallest absolute Gasteiger partial charge is 0.338 e. The second-order valence-electron chi connectivity index (χ2n) is 5.31. The summed E-state index contributed by atoms with van der Waals surface area (Å²) in [6.45, 7) is 6.26. The van der Waals surface area contributed by atoms with Crippen LogP contribution in [-0.4, -0.2) is 24.3 Å². The molecule has 1 heterocycles. The van der Waals surface area contributed by atoms with Gasteiger partial charge in [0.25, 0.3) is 0 Å². The molecule has 0 aromatic rings. The Morgan fingerprint density at radius 3 is 2.33 bits per heavy atom. The van der Waals surface area contributed by atoms with E-state index < -0.39 is 0 Å². The highest BCUT2D eigenvalue weighted by atomic mass is 16.6. The van der Waals surface area contributed by atoms with Crippen molar-refractivity contribution in [2.24, 2.45) is 0 Å². The Hall–Kier alpha value is -0.570. The number of hydrogen-bond donors (Lipinski definition) is 0. The van der Waals surface area contributed by atoms with Crippen molar-refractivity contribution in [2.45, 2.75) is 90.4 Å². The van der Waals surface area contributed by atoms with Crippen molar-refractivity contribution >= 4 is 5.97 Å². The highest BCUT2D eigenvalue weighted by Gasteiger charge is 2.43. The third kappa shape index (κ3) is 5.85. The Labute approximate surface area is 111 Å². The molecule has 3 nitrogen and oxygen atoms in total. The van der Waals surface area contributed by atoms with Crippen LogP contribution in [0.5, 0.6) is 0 Å². The van der Waals surface area contributed by atoms with Gasteiger partial charge in [0.05, 0.1) is 6.10 Å². The van der Waals surface area contributed by atoms with E-state index in [2.05, 4.69) is 13.8 Å². The van der Waals surface area contributed by atoms with Gasteiger partial charge in [0.15, 0.2) is 6.10 Å². The van der Waals surface area contributed by atoms with Gasteiger partial charge in [-0.3, -0.25) is 0 Å². The van der Waals surface area contributed by atoms with Crippen molar-refractivity contribution < 1.29 is 14.3 Å². The fourth-order valence-electron chi connectivity index (χ4n) is 2.22. The second-order valence-corrected chi connectivity index (χ2v) is 5.31. The van der Waals surface area contributed by atoms with Crippen LogP contribution < -0.4 is 0 Å². The molecule has 0 aromatic carbocycles. The van der Waals surface area contributed by atoms with Crippen LogP contribution in [0.3, 0.4) is 0 Å². The summed E-state index contributed by atoms with van der Waals surface area (Å²) in [5.74, 6) is -0.158. The van der Waals surface area contributed by atoms with Crippen LogP contribution in [-0.2, 0) is 14.3 Å². The van der Waals surface area contributed by atoms with Crippen molar-refractivity contribution in [3.8, 4) is 0 Å². The van der Waals surface area contributed by atoms with Crippen LogP contribution in [0.2, 0.25) is 0 Å². The number of esters is 1. The van der Waals surface area contributed by atoms with Gasteiger partial charge in [-0.05, 0) is 26.2 Å². The largest absolute Gasteiger partial charge is 0.460 e. The minimum absolute atomic E-state index is 0.0596. The molecule has 1 aliphatic heterocycles. The maximum absolute atomic E-state index is 11.7. The number of epoxide rings is 1. The molecule has 1 rings (SSSR count). The SMILES string of the molecule is CCCCCCCC(CCC)OC(=O)C1OC1C. The Morgan fingerprint density at radius 1 is 1.11 bits per heavy atom. The number of carbonyl (C=O) groups is 1. The average molecular weight is 256 g/mol. The van der Waals surface area contributed by atoms with E-state index in [1.165, 1.54) is 32.1 Å². The van der Waals surface area contributed by atoms with Crippen LogP contribution in [0.15, 0.2) is 0 Å². The standard InChI is InChI=1S/C15H28O3/c1-4-6-7-8-9-11-13(10-5-2)18-15(16)14-12(3)17-14/h12-14H,4-11H2,1-3H3. The van der Waals surface area contributed by atoms with Gasteiger partial charge in [-0.1, -0.05) is 46.0 Å². The van der Waals surface area contributed by atoms with E-state index in [1.54, 1.807) is 0 Å². The summed E-state index contributed by atoms with van der Waals surface area (Å²) in [7, 11) is 0. The lowest BCUT2D eigenvalue weighted by atomic mass is 10.0. The Balaban J connectivity index is 2.15. The minimum Gasteiger partial charge on any atom is -0.460 e. The molecular formula is C15H28O3. The van der Waals surface area contributed by atoms with E-state index in [-0.39, 0.29) is 24.3 Å². The molecule has 0 spiro atoms. The van der Waals surface area contributed by atoms with Gasteiger partial charge >= 0.3 is 5.97 Å². The third-order valence-electron chi connectivity index (χ3n) is 3.47. The number of ether oxygens (including phenoxy) is 2. The number of carbonyl (C=O) groups excluding carboxylic acids is 1. The van der Waals surface area contributed by atoms with E-state index in [9.17, 15) is 4.79 Å². The van der Waals surface area contributed by atoms with Crippen molar-refractivity contribution in [1.29, 1.82) is 0 Å². The van der Waals surface area contributed by atoms with Crippen LogP contribution >= 0.6 is 0 Å². The molecule has 0 aliphatic carbocycles. The zero-order chi connectivity index (χ0) is 13.4. The van der Waals surface area contributed by atoms with E-state index >= 15 is 0 Å². The monoisotopic (exact) mass is 256 g/mol. The molecule has 18 heavy (non-hydrogen) atoms. The Morgan fingerprint density at radius 2 is 1.78 bits per heavy atom. The number of hydrogen-bond acceptors (Lipinski definition) is 3. The summed E-state index contributed by atoms with van der Waals surface area (Å²) < 4.78 is 10.7. The first-order valence-corrected chi connectivity index (χ1v) is 7.55. The summed E-state index contributed by atoms with van der Waals surface area (Å²) in [4.78, 5) is 11.7. The van der Waals surface area contributed by atoms with Gasteiger partial charge in [0.1, 0.15) is 6.10 Å². The third-order valence-corrected chi connectivity index (χ3v) is 3.47. The van der Waals surface area contributed by atoms with Crippen molar-refractivity contribution in [3.63, 3.8) is 0 Å². The first kappa shape index (κ1) is 15.5. The van der Waals surface area contributed by atoms with E-state index in [0.717, 1.165) is 19.3 Å². The van der Waals surface area contributed by atoms with Crippen LogP contribution in [0.1, 0.15) is 72.1 Å². The molecular weight excluding hydrogens is 228 g/mol. The topological polar surface area (TPSA) is 38.8 Å². The zero-order valence-corrected chi connectivity index (χ0v) is 12.1. The second kappa shape index (κ2) is 8.52. The first-order chi connectivity index (χ1) is 8.69. The summed E-state index contributed by atoms with van der Waals surface area (Å²) >= 11 is 0. The number of unbranched alkanes of at least 4 members (excludes halogenated alkanes) is 4. The zero-order valence-electron chi connectivity index (χ0n) is 12.1. The summed E-state index contributed by atoms with van der Waals surface area (Å²) in [6.07, 6.45) is 9.21. The molecule has 3 heteroatoms. The van der Waals surface area contributed by atoms with Gasteiger partial charge in [-0.2, -0.15) is 0 Å². The average Bonchev–Trinajstić information content (AvgIpc) is 3.06. The molecule has 0 saturated carbocycles. The molecule has 0 N–H and O–H groups in total. The van der Waals surface area contributed by atoms with Crippen LogP contribution in [0.25, 0.3) is 0 Å². The highest BCUT2D eigenvalue weighted by Crippen LogP contribution is 2.24. The van der Waals surface area contributed by atoms with Crippen molar-refractivity contribution in [1.82, 2.24) is 0 Å². The van der Waals surface area contributed by atoms with Gasteiger partial charge < -0.3 is 9.47 Å². The Kier molecular flexibility index (Phi) is 7.33. The summed E-state index contributed by atoms with van der Waals surface area (Å²) in [5, 5.41) is 0. The predicted molar refractivity (Wildman–Crippen MR) is 72.5 cm³/mol. The van der Waals surface area contributed by atoms with E-state index in [1.807, 2.05) is 6.92 Å². The lowest BCUT2D eigenvalue weighted by Gasteiger charge is -2.16. The first-order valence-electron chi connectivity index (χ1n) is 7.55. The molecule has 3 unspecified atom stereocenters. The van der Waals surface area contributed by atoms with Gasteiger partial charge in [-0.25, -0.2) is 4.79 Å². The lowest BCUT2D eigenvalue weighted by Crippen LogP contribution is -2.22. The molecule has 106 valence electrons. The fraction of sp³-hybridized carbons (Fsp3) is 0.933. The molecule has 0 aromatic heterocycles. The molecule has 0 radical (unpaired) electrons. The quantitative estimate of drug-likeness (QED) is 0.338. The van der Waals surface area contributed by atoms with Crippen LogP contribution in [0, 0.1) is 0 Å². The van der Waals surface area contributed by atoms with Crippen LogP contribution in [0.4, 0.5) is 0 Å². The van der Waals surface area contributed by atoms with E-state index in [0.29, 0.717) is 0 Å². The highest BCUT2D eigenvalue weighted by molar-refractivity contribution is 5.78. The predicted octanol–water partition coefficient (Wildman–Crippen LogP) is 3.85.